The summed E-state index contributed by atoms with van der Waals surface area (Å²) in [5.74, 6) is -0.172. The number of nitrogens with zero attached hydrogens (tertiary/aromatic N) is 4. The standard InChI is InChI=1S/C12H10FN5/c1-18-6-7(5-15-18)11-9-4-8(13)2-3-10(9)16-12(14)17-11/h2-6H,1H3,(H2,14,16,17). The van der Waals surface area contributed by atoms with Crippen molar-refractivity contribution in [1.29, 1.82) is 0 Å². The van der Waals surface area contributed by atoms with Gasteiger partial charge in [0.05, 0.1) is 17.4 Å². The SMILES string of the molecule is Cn1cc(-c2nc(N)nc3ccc(F)cc23)cn1. The Labute approximate surface area is 102 Å². The number of hydrogen-bond donors (Lipinski definition) is 1. The van der Waals surface area contributed by atoms with Crippen molar-refractivity contribution in [3.8, 4) is 11.3 Å². The maximum absolute atomic E-state index is 13.3. The van der Waals surface area contributed by atoms with Gasteiger partial charge in [0.25, 0.3) is 0 Å². The lowest BCUT2D eigenvalue weighted by Gasteiger charge is -2.04. The molecule has 2 N–H and O–H groups in total. The first kappa shape index (κ1) is 10.6. The second kappa shape index (κ2) is 3.76. The van der Waals surface area contributed by atoms with Crippen LogP contribution in [-0.4, -0.2) is 19.7 Å². The van der Waals surface area contributed by atoms with Gasteiger partial charge in [-0.25, -0.2) is 14.4 Å². The number of aromatic nitrogens is 4. The minimum absolute atomic E-state index is 0.160. The summed E-state index contributed by atoms with van der Waals surface area (Å²) in [5, 5.41) is 4.70. The minimum Gasteiger partial charge on any atom is -0.368 e. The highest BCUT2D eigenvalue weighted by atomic mass is 19.1. The fourth-order valence-electron chi connectivity index (χ4n) is 1.88. The number of rotatable bonds is 1. The third kappa shape index (κ3) is 1.67. The third-order valence-corrected chi connectivity index (χ3v) is 2.65. The Hall–Kier alpha value is -2.50. The number of nitrogens with two attached hydrogens (primary N) is 1. The Bertz CT molecular complexity index is 734. The quantitative estimate of drug-likeness (QED) is 0.707. The van der Waals surface area contributed by atoms with Crippen molar-refractivity contribution >= 4 is 16.9 Å². The zero-order chi connectivity index (χ0) is 12.7. The van der Waals surface area contributed by atoms with Crippen LogP contribution in [0.2, 0.25) is 0 Å². The molecule has 0 aliphatic heterocycles. The van der Waals surface area contributed by atoms with E-state index in [0.717, 1.165) is 5.56 Å². The molecule has 0 unspecified atom stereocenters. The van der Waals surface area contributed by atoms with Crippen LogP contribution in [0.3, 0.4) is 0 Å². The maximum atomic E-state index is 13.3. The second-order valence-electron chi connectivity index (χ2n) is 3.99. The Morgan fingerprint density at radius 1 is 1.28 bits per heavy atom. The number of fused-ring (bicyclic) bond motifs is 1. The summed E-state index contributed by atoms with van der Waals surface area (Å²) in [6.45, 7) is 0. The molecule has 0 aliphatic carbocycles. The van der Waals surface area contributed by atoms with Crippen LogP contribution in [0, 0.1) is 5.82 Å². The number of benzene rings is 1. The van der Waals surface area contributed by atoms with E-state index in [1.807, 2.05) is 0 Å². The minimum atomic E-state index is -0.332. The van der Waals surface area contributed by atoms with Crippen LogP contribution < -0.4 is 5.73 Å². The zero-order valence-electron chi connectivity index (χ0n) is 9.63. The van der Waals surface area contributed by atoms with Crippen molar-refractivity contribution in [3.05, 3.63) is 36.4 Å². The summed E-state index contributed by atoms with van der Waals surface area (Å²) in [6, 6.07) is 4.33. The molecule has 0 spiro atoms. The predicted molar refractivity (Wildman–Crippen MR) is 66.1 cm³/mol. The molecule has 3 rings (SSSR count). The third-order valence-electron chi connectivity index (χ3n) is 2.65. The number of nitrogen functional groups attached to an aromatic ring is 1. The molecule has 3 aromatic rings. The van der Waals surface area contributed by atoms with Gasteiger partial charge in [-0.2, -0.15) is 5.10 Å². The van der Waals surface area contributed by atoms with Crippen LogP contribution in [0.1, 0.15) is 0 Å². The van der Waals surface area contributed by atoms with Gasteiger partial charge in [-0.05, 0) is 18.2 Å². The topological polar surface area (TPSA) is 69.6 Å². The van der Waals surface area contributed by atoms with Gasteiger partial charge >= 0.3 is 0 Å². The molecule has 0 aliphatic rings. The largest absolute Gasteiger partial charge is 0.368 e. The van der Waals surface area contributed by atoms with E-state index in [0.29, 0.717) is 16.6 Å². The monoisotopic (exact) mass is 243 g/mol. The lowest BCUT2D eigenvalue weighted by Crippen LogP contribution is -1.98. The predicted octanol–water partition coefficient (Wildman–Crippen LogP) is 1.75. The molecule has 0 atom stereocenters. The normalized spacial score (nSPS) is 11.0. The number of hydrogen-bond acceptors (Lipinski definition) is 4. The molecule has 0 bridgehead atoms. The summed E-state index contributed by atoms with van der Waals surface area (Å²) in [6.07, 6.45) is 3.46. The van der Waals surface area contributed by atoms with Crippen molar-refractivity contribution in [1.82, 2.24) is 19.7 Å². The Morgan fingerprint density at radius 3 is 2.83 bits per heavy atom. The van der Waals surface area contributed by atoms with Gasteiger partial charge in [-0.1, -0.05) is 0 Å². The molecule has 2 aromatic heterocycles. The Kier molecular flexibility index (Phi) is 2.22. The van der Waals surface area contributed by atoms with E-state index < -0.39 is 0 Å². The van der Waals surface area contributed by atoms with Gasteiger partial charge < -0.3 is 5.73 Å². The molecule has 0 amide bonds. The lowest BCUT2D eigenvalue weighted by atomic mass is 10.1. The fourth-order valence-corrected chi connectivity index (χ4v) is 1.88. The van der Waals surface area contributed by atoms with Gasteiger partial charge in [0.2, 0.25) is 5.95 Å². The first-order valence-electron chi connectivity index (χ1n) is 5.35. The average molecular weight is 243 g/mol. The molecule has 0 saturated carbocycles. The van der Waals surface area contributed by atoms with Gasteiger partial charge in [0.1, 0.15) is 5.82 Å². The first-order chi connectivity index (χ1) is 8.63. The van der Waals surface area contributed by atoms with Crippen molar-refractivity contribution in [2.24, 2.45) is 7.05 Å². The van der Waals surface area contributed by atoms with Gasteiger partial charge in [0.15, 0.2) is 0 Å². The maximum Gasteiger partial charge on any atom is 0.221 e. The number of anilines is 1. The van der Waals surface area contributed by atoms with Crippen LogP contribution in [0.15, 0.2) is 30.6 Å². The van der Waals surface area contributed by atoms with E-state index >= 15 is 0 Å². The van der Waals surface area contributed by atoms with Crippen LogP contribution in [-0.2, 0) is 7.05 Å². The van der Waals surface area contributed by atoms with E-state index in [1.165, 1.54) is 12.1 Å². The van der Waals surface area contributed by atoms with Crippen LogP contribution in [0.5, 0.6) is 0 Å². The summed E-state index contributed by atoms with van der Waals surface area (Å²) in [7, 11) is 1.80. The van der Waals surface area contributed by atoms with Gasteiger partial charge in [-0.15, -0.1) is 0 Å². The molecule has 90 valence electrons. The van der Waals surface area contributed by atoms with E-state index in [4.69, 9.17) is 5.73 Å². The summed E-state index contributed by atoms with van der Waals surface area (Å²) >= 11 is 0. The Morgan fingerprint density at radius 2 is 2.11 bits per heavy atom. The smallest absolute Gasteiger partial charge is 0.221 e. The number of halogens is 1. The molecule has 6 heteroatoms. The summed E-state index contributed by atoms with van der Waals surface area (Å²) < 4.78 is 15.0. The van der Waals surface area contributed by atoms with Gasteiger partial charge in [-0.3, -0.25) is 4.68 Å². The van der Waals surface area contributed by atoms with Crippen LogP contribution in [0.4, 0.5) is 10.3 Å². The van der Waals surface area contributed by atoms with Gasteiger partial charge in [0, 0.05) is 24.2 Å². The molecule has 0 fully saturated rings. The summed E-state index contributed by atoms with van der Waals surface area (Å²) in [5.41, 5.74) is 7.65. The molecule has 1 aromatic carbocycles. The fraction of sp³-hybridized carbons (Fsp3) is 0.0833. The molecular weight excluding hydrogens is 233 g/mol. The van der Waals surface area contributed by atoms with Crippen molar-refractivity contribution in [2.45, 2.75) is 0 Å². The second-order valence-corrected chi connectivity index (χ2v) is 3.99. The molecule has 18 heavy (non-hydrogen) atoms. The molecule has 0 radical (unpaired) electrons. The van der Waals surface area contributed by atoms with Crippen LogP contribution in [0.25, 0.3) is 22.2 Å². The molecule has 0 saturated heterocycles. The highest BCUT2D eigenvalue weighted by Crippen LogP contribution is 2.26. The van der Waals surface area contributed by atoms with E-state index in [-0.39, 0.29) is 11.8 Å². The van der Waals surface area contributed by atoms with Crippen molar-refractivity contribution < 1.29 is 4.39 Å². The number of aryl methyl sites for hydroxylation is 1. The molecular formula is C12H10FN5. The zero-order valence-corrected chi connectivity index (χ0v) is 9.63. The van der Waals surface area contributed by atoms with Crippen molar-refractivity contribution in [2.75, 3.05) is 5.73 Å². The highest BCUT2D eigenvalue weighted by molar-refractivity contribution is 5.92. The van der Waals surface area contributed by atoms with Crippen LogP contribution >= 0.6 is 0 Å². The van der Waals surface area contributed by atoms with Crippen molar-refractivity contribution in [3.63, 3.8) is 0 Å². The first-order valence-corrected chi connectivity index (χ1v) is 5.35. The molecule has 2 heterocycles. The van der Waals surface area contributed by atoms with E-state index in [9.17, 15) is 4.39 Å². The highest BCUT2D eigenvalue weighted by Gasteiger charge is 2.10. The average Bonchev–Trinajstić information content (AvgIpc) is 2.75. The van der Waals surface area contributed by atoms with E-state index in [1.54, 1.807) is 30.2 Å². The Balaban J connectivity index is 2.36. The van der Waals surface area contributed by atoms with E-state index in [2.05, 4.69) is 15.1 Å². The lowest BCUT2D eigenvalue weighted by molar-refractivity contribution is 0.629. The summed E-state index contributed by atoms with van der Waals surface area (Å²) in [4.78, 5) is 8.26. The molecule has 5 nitrogen and oxygen atoms in total.